The number of hydrogen-bond donors (Lipinski definition) is 1. The average molecular weight is 445 g/mol. The second-order valence-electron chi connectivity index (χ2n) is 8.61. The van der Waals surface area contributed by atoms with Crippen molar-refractivity contribution in [3.8, 4) is 0 Å². The van der Waals surface area contributed by atoms with Gasteiger partial charge in [-0.2, -0.15) is 0 Å². The largest absolute Gasteiger partial charge is 0.444 e. The Balaban J connectivity index is 1.41. The zero-order valence-electron chi connectivity index (χ0n) is 19.1. The van der Waals surface area contributed by atoms with Crippen LogP contribution in [0.4, 0.5) is 10.5 Å². The summed E-state index contributed by atoms with van der Waals surface area (Å²) in [6, 6.07) is 29.4. The molecule has 0 aliphatic carbocycles. The number of anilines is 1. The van der Waals surface area contributed by atoms with Gasteiger partial charge in [-0.3, -0.25) is 9.80 Å². The lowest BCUT2D eigenvalue weighted by molar-refractivity contribution is 0.0429. The average Bonchev–Trinajstić information content (AvgIpc) is 2.89. The molecule has 2 atom stereocenters. The molecular formula is C28H32N2O3. The van der Waals surface area contributed by atoms with Crippen LogP contribution in [0, 0.1) is 0 Å². The van der Waals surface area contributed by atoms with Crippen molar-refractivity contribution in [2.45, 2.75) is 44.6 Å². The van der Waals surface area contributed by atoms with E-state index in [1.165, 1.54) is 0 Å². The molecule has 0 aromatic heterocycles. The van der Waals surface area contributed by atoms with E-state index in [1.807, 2.05) is 91.0 Å². The van der Waals surface area contributed by atoms with E-state index in [-0.39, 0.29) is 24.8 Å². The van der Waals surface area contributed by atoms with Crippen molar-refractivity contribution in [1.29, 1.82) is 0 Å². The van der Waals surface area contributed by atoms with Crippen LogP contribution in [-0.4, -0.2) is 41.3 Å². The summed E-state index contributed by atoms with van der Waals surface area (Å²) in [4.78, 5) is 17.3. The van der Waals surface area contributed by atoms with Gasteiger partial charge < -0.3 is 9.84 Å². The van der Waals surface area contributed by atoms with Gasteiger partial charge in [0.2, 0.25) is 0 Å². The number of hydrogen-bond acceptors (Lipinski definition) is 4. The van der Waals surface area contributed by atoms with Gasteiger partial charge >= 0.3 is 6.09 Å². The summed E-state index contributed by atoms with van der Waals surface area (Å²) in [6.07, 6.45) is 0.784. The van der Waals surface area contributed by atoms with Gasteiger partial charge in [-0.1, -0.05) is 78.9 Å². The monoisotopic (exact) mass is 444 g/mol. The molecule has 0 spiro atoms. The van der Waals surface area contributed by atoms with Crippen molar-refractivity contribution < 1.29 is 14.6 Å². The normalized spacial score (nSPS) is 16.7. The van der Waals surface area contributed by atoms with E-state index in [0.717, 1.165) is 42.7 Å². The van der Waals surface area contributed by atoms with Gasteiger partial charge in [-0.15, -0.1) is 0 Å². The number of aliphatic hydroxyl groups is 1. The molecule has 172 valence electrons. The lowest BCUT2D eigenvalue weighted by atomic mass is 9.97. The number of piperidine rings is 1. The van der Waals surface area contributed by atoms with Crippen molar-refractivity contribution in [1.82, 2.24) is 4.90 Å². The van der Waals surface area contributed by atoms with Crippen molar-refractivity contribution in [2.24, 2.45) is 0 Å². The van der Waals surface area contributed by atoms with Crippen LogP contribution in [0.15, 0.2) is 91.0 Å². The summed E-state index contributed by atoms with van der Waals surface area (Å²) in [5.41, 5.74) is 2.76. The number of likely N-dealkylation sites (tertiary alicyclic amines) is 1. The Bertz CT molecular complexity index is 989. The molecule has 1 aliphatic rings. The summed E-state index contributed by atoms with van der Waals surface area (Å²) < 4.78 is 5.70. The van der Waals surface area contributed by atoms with E-state index in [9.17, 15) is 9.90 Å². The van der Waals surface area contributed by atoms with Crippen LogP contribution in [0.2, 0.25) is 0 Å². The predicted octanol–water partition coefficient (Wildman–Crippen LogP) is 5.42. The number of carbonyl (C=O) groups is 1. The third-order valence-electron chi connectivity index (χ3n) is 6.47. The topological polar surface area (TPSA) is 53.0 Å². The third kappa shape index (κ3) is 5.81. The summed E-state index contributed by atoms with van der Waals surface area (Å²) in [5, 5.41) is 10.8. The first kappa shape index (κ1) is 23.0. The third-order valence-corrected chi connectivity index (χ3v) is 6.47. The quantitative estimate of drug-likeness (QED) is 0.529. The highest BCUT2D eigenvalue weighted by molar-refractivity contribution is 5.88. The van der Waals surface area contributed by atoms with Crippen molar-refractivity contribution >= 4 is 11.8 Å². The molecule has 5 nitrogen and oxygen atoms in total. The van der Waals surface area contributed by atoms with Crippen molar-refractivity contribution in [3.63, 3.8) is 0 Å². The number of ether oxygens (including phenoxy) is 1. The molecule has 0 unspecified atom stereocenters. The highest BCUT2D eigenvalue weighted by Gasteiger charge is 2.33. The Morgan fingerprint density at radius 1 is 0.939 bits per heavy atom. The van der Waals surface area contributed by atoms with Crippen LogP contribution in [0.5, 0.6) is 0 Å². The summed E-state index contributed by atoms with van der Waals surface area (Å²) in [7, 11) is 0. The Labute approximate surface area is 196 Å². The van der Waals surface area contributed by atoms with Gasteiger partial charge in [0.05, 0.1) is 6.10 Å². The molecule has 3 aromatic rings. The van der Waals surface area contributed by atoms with Crippen molar-refractivity contribution in [2.75, 3.05) is 18.0 Å². The number of aliphatic hydroxyl groups excluding tert-OH is 1. The minimum absolute atomic E-state index is 0.00329. The van der Waals surface area contributed by atoms with Crippen LogP contribution in [0.1, 0.15) is 37.0 Å². The molecule has 1 amide bonds. The maximum atomic E-state index is 13.2. The van der Waals surface area contributed by atoms with Crippen LogP contribution in [-0.2, 0) is 11.3 Å². The second-order valence-corrected chi connectivity index (χ2v) is 8.61. The molecule has 0 saturated carbocycles. The van der Waals surface area contributed by atoms with Gasteiger partial charge in [0.1, 0.15) is 6.61 Å². The molecule has 0 bridgehead atoms. The van der Waals surface area contributed by atoms with Crippen molar-refractivity contribution in [3.05, 3.63) is 102 Å². The molecular weight excluding hydrogens is 412 g/mol. The Morgan fingerprint density at radius 2 is 1.48 bits per heavy atom. The fraction of sp³-hybridized carbons (Fsp3) is 0.321. The van der Waals surface area contributed by atoms with Gasteiger partial charge in [-0.25, -0.2) is 4.79 Å². The van der Waals surface area contributed by atoms with E-state index >= 15 is 0 Å². The van der Waals surface area contributed by atoms with E-state index in [2.05, 4.69) is 11.8 Å². The number of amides is 1. The number of para-hydroxylation sites is 1. The molecule has 1 fully saturated rings. The fourth-order valence-corrected chi connectivity index (χ4v) is 4.52. The molecule has 5 heteroatoms. The molecule has 3 aromatic carbocycles. The maximum absolute atomic E-state index is 13.2. The highest BCUT2D eigenvalue weighted by atomic mass is 16.6. The predicted molar refractivity (Wildman–Crippen MR) is 131 cm³/mol. The van der Waals surface area contributed by atoms with Crippen LogP contribution < -0.4 is 4.90 Å². The Kier molecular flexibility index (Phi) is 7.76. The zero-order chi connectivity index (χ0) is 23.0. The van der Waals surface area contributed by atoms with E-state index in [4.69, 9.17) is 4.74 Å². The lowest BCUT2D eigenvalue weighted by Gasteiger charge is -2.41. The number of rotatable bonds is 7. The lowest BCUT2D eigenvalue weighted by Crippen LogP contribution is -2.50. The summed E-state index contributed by atoms with van der Waals surface area (Å²) >= 11 is 0. The minimum atomic E-state index is -0.538. The highest BCUT2D eigenvalue weighted by Crippen LogP contribution is 2.28. The number of benzene rings is 3. The first-order valence-electron chi connectivity index (χ1n) is 11.7. The van der Waals surface area contributed by atoms with E-state index in [1.54, 1.807) is 4.90 Å². The fourth-order valence-electron chi connectivity index (χ4n) is 4.52. The molecule has 1 saturated heterocycles. The van der Waals surface area contributed by atoms with E-state index in [0.29, 0.717) is 0 Å². The molecule has 4 rings (SSSR count). The van der Waals surface area contributed by atoms with Crippen LogP contribution in [0.25, 0.3) is 0 Å². The van der Waals surface area contributed by atoms with Gasteiger partial charge in [-0.05, 0) is 43.0 Å². The summed E-state index contributed by atoms with van der Waals surface area (Å²) in [5.74, 6) is 0. The smallest absolute Gasteiger partial charge is 0.414 e. The van der Waals surface area contributed by atoms with Crippen LogP contribution in [0.3, 0.4) is 0 Å². The first-order chi connectivity index (χ1) is 16.1. The minimum Gasteiger partial charge on any atom is -0.444 e. The summed E-state index contributed by atoms with van der Waals surface area (Å²) in [6.45, 7) is 3.94. The first-order valence-corrected chi connectivity index (χ1v) is 11.7. The maximum Gasteiger partial charge on any atom is 0.414 e. The standard InChI is InChI=1S/C28H32N2O3/c1-22(27(31)24-13-7-3-8-14-24)29-19-17-26(18-20-29)30(25-15-9-4-10-16-25)28(32)33-21-23-11-5-2-6-12-23/h2-16,22,26-27,31H,17-21H2,1H3/t22-,27-/m1/s1. The SMILES string of the molecule is C[C@H]([C@@H](O)c1ccccc1)N1CCC(N(C(=O)OCc2ccccc2)c2ccccc2)CC1. The van der Waals surface area contributed by atoms with E-state index < -0.39 is 6.10 Å². The Morgan fingerprint density at radius 3 is 2.09 bits per heavy atom. The molecule has 1 aliphatic heterocycles. The zero-order valence-corrected chi connectivity index (χ0v) is 19.1. The Hall–Kier alpha value is -3.15. The molecule has 0 radical (unpaired) electrons. The van der Waals surface area contributed by atoms with Gasteiger partial charge in [0.15, 0.2) is 0 Å². The number of carbonyl (C=O) groups excluding carboxylic acids is 1. The molecule has 1 N–H and O–H groups in total. The number of nitrogens with zero attached hydrogens (tertiary/aromatic N) is 2. The van der Waals surface area contributed by atoms with Gasteiger partial charge in [0.25, 0.3) is 0 Å². The van der Waals surface area contributed by atoms with Crippen LogP contribution >= 0.6 is 0 Å². The van der Waals surface area contributed by atoms with Gasteiger partial charge in [0, 0.05) is 30.9 Å². The molecule has 1 heterocycles. The second kappa shape index (κ2) is 11.1. The molecule has 33 heavy (non-hydrogen) atoms.